The maximum absolute atomic E-state index is 13.8. The number of benzene rings is 3. The van der Waals surface area contributed by atoms with Gasteiger partial charge in [0, 0.05) is 13.1 Å². The molecule has 0 aromatic heterocycles. The fourth-order valence-corrected chi connectivity index (χ4v) is 5.25. The van der Waals surface area contributed by atoms with Crippen molar-refractivity contribution in [2.24, 2.45) is 0 Å². The van der Waals surface area contributed by atoms with Crippen LogP contribution < -0.4 is 9.62 Å². The Morgan fingerprint density at radius 2 is 1.43 bits per heavy atom. The number of carbonyl (C=O) groups is 2. The SMILES string of the molecule is CCCNC(=O)C(C)N(Cc1ccccc1)C(=O)CN(c1ccc(C)cc1)S(=O)(=O)c1ccc(C)cc1. The van der Waals surface area contributed by atoms with Crippen LogP contribution in [0.3, 0.4) is 0 Å². The summed E-state index contributed by atoms with van der Waals surface area (Å²) < 4.78 is 28.7. The second-order valence-corrected chi connectivity index (χ2v) is 11.0. The van der Waals surface area contributed by atoms with E-state index < -0.39 is 28.5 Å². The number of hydrogen-bond donors (Lipinski definition) is 1. The highest BCUT2D eigenvalue weighted by molar-refractivity contribution is 7.92. The highest BCUT2D eigenvalue weighted by Crippen LogP contribution is 2.25. The van der Waals surface area contributed by atoms with Gasteiger partial charge in [-0.1, -0.05) is 72.6 Å². The van der Waals surface area contributed by atoms with E-state index in [-0.39, 0.29) is 17.3 Å². The first-order valence-corrected chi connectivity index (χ1v) is 13.8. The lowest BCUT2D eigenvalue weighted by molar-refractivity contribution is -0.139. The molecule has 37 heavy (non-hydrogen) atoms. The number of aryl methyl sites for hydroxylation is 2. The van der Waals surface area contributed by atoms with Gasteiger partial charge in [0.2, 0.25) is 11.8 Å². The molecule has 1 unspecified atom stereocenters. The lowest BCUT2D eigenvalue weighted by Gasteiger charge is -2.32. The molecule has 0 aliphatic heterocycles. The number of carbonyl (C=O) groups excluding carboxylic acids is 2. The third-order valence-electron chi connectivity index (χ3n) is 6.12. The fraction of sp³-hybridized carbons (Fsp3) is 0.310. The van der Waals surface area contributed by atoms with E-state index in [1.54, 1.807) is 55.5 Å². The Morgan fingerprint density at radius 3 is 2.00 bits per heavy atom. The van der Waals surface area contributed by atoms with Gasteiger partial charge in [-0.2, -0.15) is 0 Å². The smallest absolute Gasteiger partial charge is 0.264 e. The van der Waals surface area contributed by atoms with Crippen molar-refractivity contribution in [3.8, 4) is 0 Å². The van der Waals surface area contributed by atoms with Gasteiger partial charge in [0.05, 0.1) is 10.6 Å². The average molecular weight is 522 g/mol. The summed E-state index contributed by atoms with van der Waals surface area (Å²) in [6.07, 6.45) is 0.765. The molecular weight excluding hydrogens is 486 g/mol. The Labute approximate surface area is 220 Å². The molecule has 0 aliphatic carbocycles. The molecule has 0 saturated carbocycles. The van der Waals surface area contributed by atoms with E-state index in [0.29, 0.717) is 12.2 Å². The molecule has 1 N–H and O–H groups in total. The number of sulfonamides is 1. The number of nitrogens with zero attached hydrogens (tertiary/aromatic N) is 2. The van der Waals surface area contributed by atoms with Crippen LogP contribution in [-0.2, 0) is 26.2 Å². The van der Waals surface area contributed by atoms with Crippen LogP contribution in [0.4, 0.5) is 5.69 Å². The van der Waals surface area contributed by atoms with Gasteiger partial charge in [0.25, 0.3) is 10.0 Å². The summed E-state index contributed by atoms with van der Waals surface area (Å²) in [5.74, 6) is -0.756. The first-order valence-electron chi connectivity index (χ1n) is 12.4. The Morgan fingerprint density at radius 1 is 0.865 bits per heavy atom. The first-order chi connectivity index (χ1) is 17.6. The number of hydrogen-bond acceptors (Lipinski definition) is 4. The predicted molar refractivity (Wildman–Crippen MR) is 147 cm³/mol. The first kappa shape index (κ1) is 27.9. The van der Waals surface area contributed by atoms with E-state index >= 15 is 0 Å². The van der Waals surface area contributed by atoms with Gasteiger partial charge in [-0.05, 0) is 57.0 Å². The zero-order chi connectivity index (χ0) is 27.0. The summed E-state index contributed by atoms with van der Waals surface area (Å²) in [7, 11) is -4.06. The van der Waals surface area contributed by atoms with Crippen LogP contribution in [0, 0.1) is 13.8 Å². The van der Waals surface area contributed by atoms with Crippen molar-refractivity contribution in [3.63, 3.8) is 0 Å². The van der Waals surface area contributed by atoms with E-state index in [4.69, 9.17) is 0 Å². The molecule has 0 bridgehead atoms. The van der Waals surface area contributed by atoms with Gasteiger partial charge in [-0.25, -0.2) is 8.42 Å². The van der Waals surface area contributed by atoms with Crippen LogP contribution in [0.25, 0.3) is 0 Å². The van der Waals surface area contributed by atoms with Crippen LogP contribution >= 0.6 is 0 Å². The summed E-state index contributed by atoms with van der Waals surface area (Å²) >= 11 is 0. The molecule has 196 valence electrons. The van der Waals surface area contributed by atoms with Crippen LogP contribution in [0.1, 0.15) is 37.0 Å². The molecule has 1 atom stereocenters. The highest BCUT2D eigenvalue weighted by atomic mass is 32.2. The maximum Gasteiger partial charge on any atom is 0.264 e. The Kier molecular flexibility index (Phi) is 9.47. The zero-order valence-corrected chi connectivity index (χ0v) is 22.7. The number of nitrogens with one attached hydrogen (secondary N) is 1. The molecule has 0 radical (unpaired) electrons. The maximum atomic E-state index is 13.8. The average Bonchev–Trinajstić information content (AvgIpc) is 2.89. The minimum Gasteiger partial charge on any atom is -0.354 e. The van der Waals surface area contributed by atoms with E-state index in [2.05, 4.69) is 5.32 Å². The normalized spacial score (nSPS) is 12.0. The quantitative estimate of drug-likeness (QED) is 0.404. The summed E-state index contributed by atoms with van der Waals surface area (Å²) in [5.41, 5.74) is 3.11. The molecular formula is C29H35N3O4S. The largest absolute Gasteiger partial charge is 0.354 e. The number of amides is 2. The van der Waals surface area contributed by atoms with Crippen molar-refractivity contribution < 1.29 is 18.0 Å². The fourth-order valence-electron chi connectivity index (χ4n) is 3.84. The van der Waals surface area contributed by atoms with Gasteiger partial charge in [-0.15, -0.1) is 0 Å². The second-order valence-electron chi connectivity index (χ2n) is 9.13. The topological polar surface area (TPSA) is 86.8 Å². The molecule has 0 fully saturated rings. The van der Waals surface area contributed by atoms with Gasteiger partial charge in [0.1, 0.15) is 12.6 Å². The summed E-state index contributed by atoms with van der Waals surface area (Å²) in [6.45, 7) is 7.62. The summed E-state index contributed by atoms with van der Waals surface area (Å²) in [5, 5.41) is 2.84. The van der Waals surface area contributed by atoms with Crippen molar-refractivity contribution in [2.75, 3.05) is 17.4 Å². The lowest BCUT2D eigenvalue weighted by atomic mass is 10.1. The van der Waals surface area contributed by atoms with Crippen molar-refractivity contribution in [1.29, 1.82) is 0 Å². The van der Waals surface area contributed by atoms with Crippen molar-refractivity contribution >= 4 is 27.5 Å². The Balaban J connectivity index is 1.99. The van der Waals surface area contributed by atoms with Crippen molar-refractivity contribution in [2.45, 2.75) is 51.6 Å². The molecule has 3 aromatic carbocycles. The molecule has 0 aliphatic rings. The van der Waals surface area contributed by atoms with Gasteiger partial charge in [0.15, 0.2) is 0 Å². The summed E-state index contributed by atoms with van der Waals surface area (Å²) in [6, 6.07) is 22.1. The highest BCUT2D eigenvalue weighted by Gasteiger charge is 2.32. The van der Waals surface area contributed by atoms with Crippen LogP contribution in [0.15, 0.2) is 83.8 Å². The molecule has 0 saturated heterocycles. The lowest BCUT2D eigenvalue weighted by Crippen LogP contribution is -2.51. The zero-order valence-electron chi connectivity index (χ0n) is 21.8. The Bertz CT molecular complexity index is 1290. The summed E-state index contributed by atoms with van der Waals surface area (Å²) in [4.78, 5) is 28.2. The Hall–Kier alpha value is -3.65. The van der Waals surface area contributed by atoms with E-state index in [0.717, 1.165) is 27.4 Å². The monoisotopic (exact) mass is 521 g/mol. The number of anilines is 1. The molecule has 8 heteroatoms. The van der Waals surface area contributed by atoms with Gasteiger partial charge >= 0.3 is 0 Å². The number of rotatable bonds is 11. The molecule has 2 amide bonds. The molecule has 0 heterocycles. The molecule has 3 aromatic rings. The van der Waals surface area contributed by atoms with Gasteiger partial charge < -0.3 is 10.2 Å². The predicted octanol–water partition coefficient (Wildman–Crippen LogP) is 4.44. The van der Waals surface area contributed by atoms with Crippen LogP contribution in [0.2, 0.25) is 0 Å². The third-order valence-corrected chi connectivity index (χ3v) is 7.91. The minimum atomic E-state index is -4.06. The minimum absolute atomic E-state index is 0.0924. The standard InChI is InChI=1S/C29H35N3O4S/c1-5-19-30-29(34)24(4)31(20-25-9-7-6-8-10-25)28(33)21-32(26-15-11-22(2)12-16-26)37(35,36)27-17-13-23(3)14-18-27/h6-18,24H,5,19-21H2,1-4H3,(H,30,34). The van der Waals surface area contributed by atoms with Crippen LogP contribution in [0.5, 0.6) is 0 Å². The van der Waals surface area contributed by atoms with Gasteiger partial charge in [-0.3, -0.25) is 13.9 Å². The molecule has 3 rings (SSSR count). The van der Waals surface area contributed by atoms with Crippen LogP contribution in [-0.4, -0.2) is 44.3 Å². The van der Waals surface area contributed by atoms with Crippen molar-refractivity contribution in [1.82, 2.24) is 10.2 Å². The third kappa shape index (κ3) is 7.20. The molecule has 0 spiro atoms. The van der Waals surface area contributed by atoms with E-state index in [1.807, 2.05) is 51.1 Å². The second kappa shape index (κ2) is 12.5. The molecule has 7 nitrogen and oxygen atoms in total. The van der Waals surface area contributed by atoms with E-state index in [1.165, 1.54) is 4.90 Å². The van der Waals surface area contributed by atoms with E-state index in [9.17, 15) is 18.0 Å². The van der Waals surface area contributed by atoms with Crippen molar-refractivity contribution in [3.05, 3.63) is 95.6 Å².